The molecule has 1 aromatic heterocycles. The molecular formula is C18H23N3O3S. The first-order valence-electron chi connectivity index (χ1n) is 8.22. The lowest BCUT2D eigenvalue weighted by Gasteiger charge is -2.14. The highest BCUT2D eigenvalue weighted by molar-refractivity contribution is 7.09. The largest absolute Gasteiger partial charge is 0.487 e. The second-order valence-corrected chi connectivity index (χ2v) is 6.72. The summed E-state index contributed by atoms with van der Waals surface area (Å²) in [5.74, 6) is 0.186. The van der Waals surface area contributed by atoms with E-state index in [1.54, 1.807) is 42.5 Å². The van der Waals surface area contributed by atoms with E-state index in [1.807, 2.05) is 19.2 Å². The van der Waals surface area contributed by atoms with Crippen LogP contribution in [0.5, 0.6) is 5.75 Å². The lowest BCUT2D eigenvalue weighted by molar-refractivity contribution is -0.122. The highest BCUT2D eigenvalue weighted by Crippen LogP contribution is 2.15. The van der Waals surface area contributed by atoms with Gasteiger partial charge in [0.05, 0.1) is 10.7 Å². The lowest BCUT2D eigenvalue weighted by Crippen LogP contribution is -2.44. The van der Waals surface area contributed by atoms with E-state index in [4.69, 9.17) is 4.74 Å². The van der Waals surface area contributed by atoms with Gasteiger partial charge in [0.25, 0.3) is 5.91 Å². The van der Waals surface area contributed by atoms with Crippen molar-refractivity contribution in [2.24, 2.45) is 0 Å². The van der Waals surface area contributed by atoms with E-state index in [0.717, 1.165) is 17.1 Å². The van der Waals surface area contributed by atoms with Gasteiger partial charge in [-0.2, -0.15) is 0 Å². The van der Waals surface area contributed by atoms with Gasteiger partial charge in [0, 0.05) is 17.5 Å². The molecule has 25 heavy (non-hydrogen) atoms. The minimum Gasteiger partial charge on any atom is -0.487 e. The maximum absolute atomic E-state index is 12.2. The van der Waals surface area contributed by atoms with Crippen molar-refractivity contribution in [3.63, 3.8) is 0 Å². The zero-order valence-corrected chi connectivity index (χ0v) is 15.5. The summed E-state index contributed by atoms with van der Waals surface area (Å²) in [4.78, 5) is 28.3. The molecule has 1 unspecified atom stereocenters. The van der Waals surface area contributed by atoms with Gasteiger partial charge >= 0.3 is 0 Å². The fraction of sp³-hybridized carbons (Fsp3) is 0.389. The van der Waals surface area contributed by atoms with E-state index in [9.17, 15) is 9.59 Å². The van der Waals surface area contributed by atoms with Crippen LogP contribution >= 0.6 is 11.3 Å². The molecule has 0 spiro atoms. The Hall–Kier alpha value is -2.41. The van der Waals surface area contributed by atoms with E-state index >= 15 is 0 Å². The molecule has 0 saturated heterocycles. The summed E-state index contributed by atoms with van der Waals surface area (Å²) in [6.45, 7) is 6.58. The summed E-state index contributed by atoms with van der Waals surface area (Å²) in [7, 11) is 0. The van der Waals surface area contributed by atoms with E-state index in [2.05, 4.69) is 15.6 Å². The minimum absolute atomic E-state index is 0.186. The predicted molar refractivity (Wildman–Crippen MR) is 97.9 cm³/mol. The molecule has 1 heterocycles. The molecule has 7 heteroatoms. The number of ether oxygens (including phenoxy) is 1. The summed E-state index contributed by atoms with van der Waals surface area (Å²) < 4.78 is 5.65. The quantitative estimate of drug-likeness (QED) is 0.757. The van der Waals surface area contributed by atoms with Crippen LogP contribution in [0, 0.1) is 6.92 Å². The number of hydrogen-bond donors (Lipinski definition) is 2. The van der Waals surface area contributed by atoms with Gasteiger partial charge in [-0.1, -0.05) is 6.92 Å². The Morgan fingerprint density at radius 2 is 2.00 bits per heavy atom. The number of hydrogen-bond acceptors (Lipinski definition) is 5. The molecule has 0 radical (unpaired) electrons. The van der Waals surface area contributed by atoms with E-state index in [0.29, 0.717) is 24.5 Å². The standard InChI is InChI=1S/C18H23N3O3S/c1-4-9-19-17(22)12(2)20-18(23)14-5-7-16(8-6-14)24-10-15-11-25-13(3)21-15/h5-8,11-12H,4,9-10H2,1-3H3,(H,19,22)(H,20,23). The molecule has 0 aliphatic rings. The van der Waals surface area contributed by atoms with Crippen LogP contribution < -0.4 is 15.4 Å². The maximum atomic E-state index is 12.2. The molecule has 2 N–H and O–H groups in total. The second-order valence-electron chi connectivity index (χ2n) is 5.66. The Bertz CT molecular complexity index is 713. The van der Waals surface area contributed by atoms with Gasteiger partial charge in [-0.05, 0) is 44.5 Å². The number of nitrogens with one attached hydrogen (secondary N) is 2. The van der Waals surface area contributed by atoms with Gasteiger partial charge in [0.1, 0.15) is 18.4 Å². The first kappa shape index (κ1) is 18.9. The Labute approximate surface area is 151 Å². The monoisotopic (exact) mass is 361 g/mol. The van der Waals surface area contributed by atoms with Crippen LogP contribution in [0.3, 0.4) is 0 Å². The number of benzene rings is 1. The van der Waals surface area contributed by atoms with E-state index < -0.39 is 6.04 Å². The van der Waals surface area contributed by atoms with Crippen molar-refractivity contribution in [3.8, 4) is 5.75 Å². The van der Waals surface area contributed by atoms with Crippen LogP contribution in [-0.2, 0) is 11.4 Å². The van der Waals surface area contributed by atoms with E-state index in [1.165, 1.54) is 0 Å². The molecule has 2 aromatic rings. The topological polar surface area (TPSA) is 80.3 Å². The number of nitrogens with zero attached hydrogens (tertiary/aromatic N) is 1. The van der Waals surface area contributed by atoms with Crippen molar-refractivity contribution in [3.05, 3.63) is 45.9 Å². The Morgan fingerprint density at radius 1 is 1.28 bits per heavy atom. The average Bonchev–Trinajstić information content (AvgIpc) is 3.03. The summed E-state index contributed by atoms with van der Waals surface area (Å²) in [6.07, 6.45) is 0.855. The third kappa shape index (κ3) is 5.86. The molecule has 2 amide bonds. The molecule has 0 bridgehead atoms. The van der Waals surface area contributed by atoms with Crippen molar-refractivity contribution in [1.82, 2.24) is 15.6 Å². The van der Waals surface area contributed by atoms with Crippen LogP contribution in [0.2, 0.25) is 0 Å². The molecule has 0 aliphatic carbocycles. The highest BCUT2D eigenvalue weighted by atomic mass is 32.1. The van der Waals surface area contributed by atoms with Gasteiger partial charge in [-0.3, -0.25) is 9.59 Å². The fourth-order valence-electron chi connectivity index (χ4n) is 2.08. The van der Waals surface area contributed by atoms with Gasteiger partial charge in [0.2, 0.25) is 5.91 Å². The van der Waals surface area contributed by atoms with Crippen LogP contribution in [0.4, 0.5) is 0 Å². The third-order valence-electron chi connectivity index (χ3n) is 3.46. The molecule has 0 saturated carbocycles. The van der Waals surface area contributed by atoms with Crippen LogP contribution in [0.1, 0.15) is 41.3 Å². The summed E-state index contributed by atoms with van der Waals surface area (Å²) in [6, 6.07) is 6.23. The maximum Gasteiger partial charge on any atom is 0.251 e. The normalized spacial score (nSPS) is 11.6. The number of rotatable bonds is 8. The molecular weight excluding hydrogens is 338 g/mol. The Morgan fingerprint density at radius 3 is 2.60 bits per heavy atom. The van der Waals surface area contributed by atoms with Crippen LogP contribution in [0.15, 0.2) is 29.6 Å². The zero-order chi connectivity index (χ0) is 18.2. The van der Waals surface area contributed by atoms with Gasteiger partial charge in [-0.25, -0.2) is 4.98 Å². The lowest BCUT2D eigenvalue weighted by atomic mass is 10.2. The molecule has 0 fully saturated rings. The Balaban J connectivity index is 1.85. The number of carbonyl (C=O) groups is 2. The number of amides is 2. The number of thiazole rings is 1. The smallest absolute Gasteiger partial charge is 0.251 e. The van der Waals surface area contributed by atoms with Crippen LogP contribution in [-0.4, -0.2) is 29.4 Å². The molecule has 0 aliphatic heterocycles. The van der Waals surface area contributed by atoms with Gasteiger partial charge in [0.15, 0.2) is 0 Å². The summed E-state index contributed by atoms with van der Waals surface area (Å²) >= 11 is 1.58. The van der Waals surface area contributed by atoms with Crippen molar-refractivity contribution in [1.29, 1.82) is 0 Å². The second kappa shape index (κ2) is 9.17. The van der Waals surface area contributed by atoms with Crippen molar-refractivity contribution < 1.29 is 14.3 Å². The zero-order valence-electron chi connectivity index (χ0n) is 14.7. The number of carbonyl (C=O) groups excluding carboxylic acids is 2. The summed E-state index contributed by atoms with van der Waals surface area (Å²) in [5.41, 5.74) is 1.36. The molecule has 1 atom stereocenters. The van der Waals surface area contributed by atoms with Crippen molar-refractivity contribution >= 4 is 23.2 Å². The first-order chi connectivity index (χ1) is 12.0. The third-order valence-corrected chi connectivity index (χ3v) is 4.28. The first-order valence-corrected chi connectivity index (χ1v) is 9.10. The van der Waals surface area contributed by atoms with E-state index in [-0.39, 0.29) is 11.8 Å². The minimum atomic E-state index is -0.581. The number of aryl methyl sites for hydroxylation is 1. The van der Waals surface area contributed by atoms with Gasteiger partial charge < -0.3 is 15.4 Å². The summed E-state index contributed by atoms with van der Waals surface area (Å²) in [5, 5.41) is 8.40. The van der Waals surface area contributed by atoms with Crippen LogP contribution in [0.25, 0.3) is 0 Å². The highest BCUT2D eigenvalue weighted by Gasteiger charge is 2.16. The van der Waals surface area contributed by atoms with Crippen molar-refractivity contribution in [2.45, 2.75) is 39.8 Å². The van der Waals surface area contributed by atoms with Crippen molar-refractivity contribution in [2.75, 3.05) is 6.54 Å². The SMILES string of the molecule is CCCNC(=O)C(C)NC(=O)c1ccc(OCc2csc(C)n2)cc1. The average molecular weight is 361 g/mol. The van der Waals surface area contributed by atoms with Gasteiger partial charge in [-0.15, -0.1) is 11.3 Å². The molecule has 1 aromatic carbocycles. The Kier molecular flexibility index (Phi) is 6.94. The number of aromatic nitrogens is 1. The fourth-order valence-corrected chi connectivity index (χ4v) is 2.68. The molecule has 134 valence electrons. The predicted octanol–water partition coefficient (Wildman–Crippen LogP) is 2.68. The molecule has 2 rings (SSSR count). The molecule has 6 nitrogen and oxygen atoms in total.